The van der Waals surface area contributed by atoms with Crippen LogP contribution in [-0.4, -0.2) is 13.0 Å². The number of nitrogens with one attached hydrogen (secondary N) is 1. The van der Waals surface area contributed by atoms with E-state index in [2.05, 4.69) is 19.3 Å². The molecule has 0 radical (unpaired) electrons. The first kappa shape index (κ1) is 13.5. The number of rotatable bonds is 5. The van der Waals surface area contributed by atoms with E-state index >= 15 is 0 Å². The van der Waals surface area contributed by atoms with Crippen molar-refractivity contribution >= 4 is 5.91 Å². The summed E-state index contributed by atoms with van der Waals surface area (Å²) in [4.78, 5) is 11.7. The molecule has 1 unspecified atom stereocenters. The van der Waals surface area contributed by atoms with Gasteiger partial charge in [0, 0.05) is 0 Å². The number of amides is 1. The number of methoxy groups -OCH3 is 1. The number of hydrazine groups is 1. The van der Waals surface area contributed by atoms with Crippen LogP contribution in [0.4, 0.5) is 0 Å². The van der Waals surface area contributed by atoms with E-state index in [1.807, 2.05) is 24.3 Å². The van der Waals surface area contributed by atoms with Gasteiger partial charge in [-0.25, -0.2) is 5.84 Å². The number of hydrogen-bond donors (Lipinski definition) is 2. The topological polar surface area (TPSA) is 64.3 Å². The number of benzene rings is 1. The Morgan fingerprint density at radius 3 is 2.35 bits per heavy atom. The van der Waals surface area contributed by atoms with E-state index in [4.69, 9.17) is 10.6 Å². The molecule has 1 atom stereocenters. The molecule has 0 heterocycles. The molecule has 1 aromatic carbocycles. The lowest BCUT2D eigenvalue weighted by Gasteiger charge is -2.18. The highest BCUT2D eigenvalue weighted by Gasteiger charge is 2.20. The molecule has 0 fully saturated rings. The Bertz CT molecular complexity index is 360. The first-order chi connectivity index (χ1) is 8.08. The highest BCUT2D eigenvalue weighted by Crippen LogP contribution is 2.25. The smallest absolute Gasteiger partial charge is 0.241 e. The summed E-state index contributed by atoms with van der Waals surface area (Å²) >= 11 is 0. The van der Waals surface area contributed by atoms with Gasteiger partial charge in [-0.3, -0.25) is 10.2 Å². The van der Waals surface area contributed by atoms with Crippen molar-refractivity contribution in [3.63, 3.8) is 0 Å². The van der Waals surface area contributed by atoms with Crippen molar-refractivity contribution in [2.75, 3.05) is 7.11 Å². The molecule has 0 aliphatic rings. The largest absolute Gasteiger partial charge is 0.497 e. The second-order valence-electron chi connectivity index (χ2n) is 4.46. The molecule has 0 aliphatic heterocycles. The van der Waals surface area contributed by atoms with Crippen LogP contribution < -0.4 is 16.0 Å². The van der Waals surface area contributed by atoms with Crippen molar-refractivity contribution in [3.05, 3.63) is 29.8 Å². The molecule has 0 aromatic heterocycles. The molecular weight excluding hydrogens is 216 g/mol. The lowest BCUT2D eigenvalue weighted by atomic mass is 9.90. The average Bonchev–Trinajstić information content (AvgIpc) is 2.35. The minimum atomic E-state index is -0.203. The van der Waals surface area contributed by atoms with Gasteiger partial charge in [-0.15, -0.1) is 0 Å². The molecule has 1 aromatic rings. The van der Waals surface area contributed by atoms with Crippen LogP contribution in [0.3, 0.4) is 0 Å². The quantitative estimate of drug-likeness (QED) is 0.465. The molecule has 0 bridgehead atoms. The van der Waals surface area contributed by atoms with Crippen molar-refractivity contribution in [1.29, 1.82) is 0 Å². The van der Waals surface area contributed by atoms with Gasteiger partial charge >= 0.3 is 0 Å². The molecule has 4 nitrogen and oxygen atoms in total. The van der Waals surface area contributed by atoms with Crippen LogP contribution >= 0.6 is 0 Å². The van der Waals surface area contributed by atoms with Gasteiger partial charge in [-0.1, -0.05) is 26.0 Å². The third-order valence-electron chi connectivity index (χ3n) is 2.68. The van der Waals surface area contributed by atoms with E-state index in [0.29, 0.717) is 5.92 Å². The second-order valence-corrected chi connectivity index (χ2v) is 4.46. The van der Waals surface area contributed by atoms with Crippen LogP contribution in [0, 0.1) is 5.92 Å². The molecule has 0 spiro atoms. The fraction of sp³-hybridized carbons (Fsp3) is 0.462. The fourth-order valence-electron chi connectivity index (χ4n) is 1.80. The monoisotopic (exact) mass is 236 g/mol. The Morgan fingerprint density at radius 2 is 1.94 bits per heavy atom. The van der Waals surface area contributed by atoms with Crippen molar-refractivity contribution in [1.82, 2.24) is 5.43 Å². The van der Waals surface area contributed by atoms with Crippen LogP contribution in [-0.2, 0) is 4.79 Å². The molecule has 17 heavy (non-hydrogen) atoms. The third-order valence-corrected chi connectivity index (χ3v) is 2.68. The van der Waals surface area contributed by atoms with Gasteiger partial charge in [-0.05, 0) is 30.0 Å². The summed E-state index contributed by atoms with van der Waals surface area (Å²) in [7, 11) is 1.62. The first-order valence-corrected chi connectivity index (χ1v) is 5.73. The fourth-order valence-corrected chi connectivity index (χ4v) is 1.80. The Balaban J connectivity index is 2.91. The molecule has 1 rings (SSSR count). The Hall–Kier alpha value is -1.55. The summed E-state index contributed by atoms with van der Waals surface area (Å²) in [5.41, 5.74) is 3.19. The summed E-state index contributed by atoms with van der Waals surface area (Å²) in [6, 6.07) is 7.52. The number of nitrogens with two attached hydrogens (primary N) is 1. The molecule has 94 valence electrons. The van der Waals surface area contributed by atoms with Crippen molar-refractivity contribution in [3.8, 4) is 5.75 Å². The predicted molar refractivity (Wildman–Crippen MR) is 67.5 cm³/mol. The summed E-state index contributed by atoms with van der Waals surface area (Å²) < 4.78 is 5.09. The predicted octanol–water partition coefficient (Wildman–Crippen LogP) is 1.81. The maximum Gasteiger partial charge on any atom is 0.241 e. The van der Waals surface area contributed by atoms with Crippen molar-refractivity contribution in [2.45, 2.75) is 26.2 Å². The van der Waals surface area contributed by atoms with E-state index in [1.165, 1.54) is 0 Å². The average molecular weight is 236 g/mol. The Morgan fingerprint density at radius 1 is 1.35 bits per heavy atom. The maximum atomic E-state index is 11.7. The zero-order chi connectivity index (χ0) is 12.8. The van der Waals surface area contributed by atoms with Crippen molar-refractivity contribution < 1.29 is 9.53 Å². The Kier molecular flexibility index (Phi) is 4.97. The highest BCUT2D eigenvalue weighted by atomic mass is 16.5. The van der Waals surface area contributed by atoms with E-state index < -0.39 is 0 Å². The number of hydrogen-bond acceptors (Lipinski definition) is 3. The van der Waals surface area contributed by atoms with Gasteiger partial charge in [-0.2, -0.15) is 0 Å². The number of ether oxygens (including phenoxy) is 1. The van der Waals surface area contributed by atoms with Gasteiger partial charge < -0.3 is 4.74 Å². The zero-order valence-corrected chi connectivity index (χ0v) is 10.6. The Labute approximate surface area is 102 Å². The molecule has 0 saturated heterocycles. The lowest BCUT2D eigenvalue weighted by Crippen LogP contribution is -2.35. The van der Waals surface area contributed by atoms with Gasteiger partial charge in [0.15, 0.2) is 0 Å². The number of carbonyl (C=O) groups excluding carboxylic acids is 1. The first-order valence-electron chi connectivity index (χ1n) is 5.73. The molecular formula is C13H20N2O2. The molecule has 3 N–H and O–H groups in total. The minimum Gasteiger partial charge on any atom is -0.497 e. The van der Waals surface area contributed by atoms with Crippen molar-refractivity contribution in [2.24, 2.45) is 11.8 Å². The van der Waals surface area contributed by atoms with Gasteiger partial charge in [0.2, 0.25) is 5.91 Å². The van der Waals surface area contributed by atoms with E-state index in [0.717, 1.165) is 17.7 Å². The van der Waals surface area contributed by atoms with Crippen LogP contribution in [0.5, 0.6) is 5.75 Å². The van der Waals surface area contributed by atoms with Crippen LogP contribution in [0.15, 0.2) is 24.3 Å². The number of carbonyl (C=O) groups is 1. The van der Waals surface area contributed by atoms with Crippen LogP contribution in [0.1, 0.15) is 31.7 Å². The van der Waals surface area contributed by atoms with Gasteiger partial charge in [0.1, 0.15) is 5.75 Å². The summed E-state index contributed by atoms with van der Waals surface area (Å²) in [6.07, 6.45) is 0.773. The standard InChI is InChI=1S/C13H20N2O2/c1-9(2)8-12(13(16)15-14)10-4-6-11(17-3)7-5-10/h4-7,9,12H,8,14H2,1-3H3,(H,15,16). The maximum absolute atomic E-state index is 11.7. The summed E-state index contributed by atoms with van der Waals surface area (Å²) in [5, 5.41) is 0. The normalized spacial score (nSPS) is 12.3. The zero-order valence-electron chi connectivity index (χ0n) is 10.6. The minimum absolute atomic E-state index is 0.149. The summed E-state index contributed by atoms with van der Waals surface area (Å²) in [5.74, 6) is 6.08. The highest BCUT2D eigenvalue weighted by molar-refractivity contribution is 5.83. The second kappa shape index (κ2) is 6.25. The SMILES string of the molecule is COc1ccc(C(CC(C)C)C(=O)NN)cc1. The van der Waals surface area contributed by atoms with Crippen LogP contribution in [0.2, 0.25) is 0 Å². The summed E-state index contributed by atoms with van der Waals surface area (Å²) in [6.45, 7) is 4.17. The molecule has 4 heteroatoms. The van der Waals surface area contributed by atoms with E-state index in [1.54, 1.807) is 7.11 Å². The third kappa shape index (κ3) is 3.75. The van der Waals surface area contributed by atoms with E-state index in [-0.39, 0.29) is 11.8 Å². The van der Waals surface area contributed by atoms with Gasteiger partial charge in [0.05, 0.1) is 13.0 Å². The molecule has 0 aliphatic carbocycles. The van der Waals surface area contributed by atoms with Gasteiger partial charge in [0.25, 0.3) is 0 Å². The van der Waals surface area contributed by atoms with Crippen LogP contribution in [0.25, 0.3) is 0 Å². The lowest BCUT2D eigenvalue weighted by molar-refractivity contribution is -0.123. The molecule has 1 amide bonds. The van der Waals surface area contributed by atoms with E-state index in [9.17, 15) is 4.79 Å². The molecule has 0 saturated carbocycles.